The molecule has 2 heterocycles. The smallest absolute Gasteiger partial charge is 0.191 e. The van der Waals surface area contributed by atoms with Gasteiger partial charge >= 0.3 is 0 Å². The summed E-state index contributed by atoms with van der Waals surface area (Å²) < 4.78 is 0. The second-order valence-electron chi connectivity index (χ2n) is 4.71. The highest BCUT2D eigenvalue weighted by molar-refractivity contribution is 7.99. The van der Waals surface area contributed by atoms with Crippen molar-refractivity contribution in [1.29, 1.82) is 0 Å². The van der Waals surface area contributed by atoms with E-state index in [9.17, 15) is 5.11 Å². The Morgan fingerprint density at radius 3 is 3.05 bits per heavy atom. The van der Waals surface area contributed by atoms with E-state index in [1.165, 1.54) is 5.56 Å². The summed E-state index contributed by atoms with van der Waals surface area (Å²) in [5, 5.41) is 20.9. The molecule has 1 unspecified atom stereocenters. The molecule has 1 atom stereocenters. The van der Waals surface area contributed by atoms with Gasteiger partial charge in [0.25, 0.3) is 0 Å². The first kappa shape index (κ1) is 14.7. The molecule has 3 N–H and O–H groups in total. The Bertz CT molecular complexity index is 400. The average molecular weight is 299 g/mol. The van der Waals surface area contributed by atoms with Gasteiger partial charge in [-0.15, -0.1) is 0 Å². The number of thiophene rings is 1. The van der Waals surface area contributed by atoms with E-state index in [1.807, 2.05) is 18.7 Å². The third kappa shape index (κ3) is 4.71. The zero-order valence-corrected chi connectivity index (χ0v) is 12.8. The van der Waals surface area contributed by atoms with Crippen molar-refractivity contribution in [1.82, 2.24) is 10.6 Å². The molecule has 1 fully saturated rings. The number of rotatable bonds is 5. The van der Waals surface area contributed by atoms with Crippen molar-refractivity contribution in [2.24, 2.45) is 4.99 Å². The SMILES string of the molecule is CCNC(=NCc1ccsc1)NCC1(O)CCSC1. The van der Waals surface area contributed by atoms with Gasteiger partial charge in [-0.25, -0.2) is 4.99 Å². The first-order valence-electron chi connectivity index (χ1n) is 6.55. The lowest BCUT2D eigenvalue weighted by Gasteiger charge is -2.23. The molecule has 1 aromatic heterocycles. The van der Waals surface area contributed by atoms with Gasteiger partial charge in [0.15, 0.2) is 5.96 Å². The van der Waals surface area contributed by atoms with Crippen LogP contribution in [0.1, 0.15) is 18.9 Å². The van der Waals surface area contributed by atoms with Crippen LogP contribution >= 0.6 is 23.1 Å². The van der Waals surface area contributed by atoms with Crippen LogP contribution in [0.15, 0.2) is 21.8 Å². The Morgan fingerprint density at radius 1 is 1.53 bits per heavy atom. The molecule has 1 saturated heterocycles. The Hall–Kier alpha value is -0.720. The number of hydrogen-bond donors (Lipinski definition) is 3. The molecule has 0 amide bonds. The topological polar surface area (TPSA) is 56.7 Å². The minimum atomic E-state index is -0.580. The first-order valence-corrected chi connectivity index (χ1v) is 8.65. The summed E-state index contributed by atoms with van der Waals surface area (Å²) in [7, 11) is 0. The lowest BCUT2D eigenvalue weighted by atomic mass is 10.0. The molecular formula is C13H21N3OS2. The van der Waals surface area contributed by atoms with Gasteiger partial charge in [0.2, 0.25) is 0 Å². The monoisotopic (exact) mass is 299 g/mol. The molecule has 6 heteroatoms. The Balaban J connectivity index is 1.86. The maximum Gasteiger partial charge on any atom is 0.191 e. The summed E-state index contributed by atoms with van der Waals surface area (Å²) in [6.45, 7) is 4.10. The molecule has 0 radical (unpaired) electrons. The second-order valence-corrected chi connectivity index (χ2v) is 6.59. The molecule has 19 heavy (non-hydrogen) atoms. The van der Waals surface area contributed by atoms with Crippen LogP contribution in [-0.4, -0.2) is 41.3 Å². The maximum atomic E-state index is 10.3. The zero-order chi connectivity index (χ0) is 13.6. The number of hydrogen-bond acceptors (Lipinski definition) is 4. The van der Waals surface area contributed by atoms with Crippen LogP contribution in [0.4, 0.5) is 0 Å². The van der Waals surface area contributed by atoms with Crippen LogP contribution in [0.2, 0.25) is 0 Å². The summed E-state index contributed by atoms with van der Waals surface area (Å²) in [5.41, 5.74) is 0.640. The fourth-order valence-electron chi connectivity index (χ4n) is 1.88. The summed E-state index contributed by atoms with van der Waals surface area (Å²) in [6.07, 6.45) is 0.856. The molecule has 0 aromatic carbocycles. The fraction of sp³-hybridized carbons (Fsp3) is 0.615. The molecule has 0 bridgehead atoms. The largest absolute Gasteiger partial charge is 0.387 e. The molecule has 1 aliphatic rings. The summed E-state index contributed by atoms with van der Waals surface area (Å²) in [6, 6.07) is 2.08. The fourth-order valence-corrected chi connectivity index (χ4v) is 3.83. The molecule has 0 spiro atoms. The number of thioether (sulfide) groups is 1. The molecule has 1 aliphatic heterocycles. The summed E-state index contributed by atoms with van der Waals surface area (Å²) in [5.74, 6) is 2.63. The van der Waals surface area contributed by atoms with Crippen LogP contribution < -0.4 is 10.6 Å². The van der Waals surface area contributed by atoms with Gasteiger partial charge in [-0.3, -0.25) is 0 Å². The number of aliphatic hydroxyl groups is 1. The van der Waals surface area contributed by atoms with E-state index in [4.69, 9.17) is 0 Å². The van der Waals surface area contributed by atoms with Gasteiger partial charge < -0.3 is 15.7 Å². The molecule has 106 valence electrons. The van der Waals surface area contributed by atoms with E-state index < -0.39 is 5.60 Å². The first-order chi connectivity index (χ1) is 9.22. The summed E-state index contributed by atoms with van der Waals surface area (Å²) in [4.78, 5) is 4.53. The zero-order valence-electron chi connectivity index (χ0n) is 11.2. The van der Waals surface area contributed by atoms with Gasteiger partial charge in [-0.1, -0.05) is 0 Å². The van der Waals surface area contributed by atoms with Crippen molar-refractivity contribution in [3.05, 3.63) is 22.4 Å². The van der Waals surface area contributed by atoms with Gasteiger partial charge in [0, 0.05) is 18.8 Å². The molecular weight excluding hydrogens is 278 g/mol. The molecule has 0 saturated carbocycles. The number of aliphatic imine (C=N–C) groups is 1. The van der Waals surface area contributed by atoms with Gasteiger partial charge in [-0.2, -0.15) is 23.1 Å². The third-order valence-electron chi connectivity index (χ3n) is 3.01. The maximum absolute atomic E-state index is 10.3. The molecule has 1 aromatic rings. The Kier molecular flexibility index (Phi) is 5.54. The minimum absolute atomic E-state index is 0.565. The number of nitrogens with zero attached hydrogens (tertiary/aromatic N) is 1. The predicted octanol–water partition coefficient (Wildman–Crippen LogP) is 1.67. The highest BCUT2D eigenvalue weighted by Crippen LogP contribution is 2.26. The highest BCUT2D eigenvalue weighted by Gasteiger charge is 2.31. The van der Waals surface area contributed by atoms with Gasteiger partial charge in [-0.05, 0) is 41.5 Å². The standard InChI is InChI=1S/C13H21N3OS2/c1-2-14-12(15-7-11-3-5-18-8-11)16-9-13(17)4-6-19-10-13/h3,5,8,17H,2,4,6-7,9-10H2,1H3,(H2,14,15,16). The normalized spacial score (nSPS) is 23.6. The predicted molar refractivity (Wildman–Crippen MR) is 84.0 cm³/mol. The number of nitrogens with one attached hydrogen (secondary N) is 2. The Morgan fingerprint density at radius 2 is 2.42 bits per heavy atom. The van der Waals surface area contributed by atoms with E-state index in [1.54, 1.807) is 11.3 Å². The van der Waals surface area contributed by atoms with Crippen molar-refractivity contribution in [3.8, 4) is 0 Å². The second kappa shape index (κ2) is 7.17. The summed E-state index contributed by atoms with van der Waals surface area (Å²) >= 11 is 3.49. The highest BCUT2D eigenvalue weighted by atomic mass is 32.2. The third-order valence-corrected chi connectivity index (χ3v) is 4.98. The quantitative estimate of drug-likeness (QED) is 0.572. The van der Waals surface area contributed by atoms with Gasteiger partial charge in [0.05, 0.1) is 12.1 Å². The minimum Gasteiger partial charge on any atom is -0.387 e. The average Bonchev–Trinajstić information content (AvgIpc) is 3.05. The Labute approximate surface area is 122 Å². The lowest BCUT2D eigenvalue weighted by molar-refractivity contribution is 0.0724. The van der Waals surface area contributed by atoms with Crippen molar-refractivity contribution in [3.63, 3.8) is 0 Å². The van der Waals surface area contributed by atoms with E-state index >= 15 is 0 Å². The molecule has 2 rings (SSSR count). The molecule has 0 aliphatic carbocycles. The van der Waals surface area contributed by atoms with Crippen molar-refractivity contribution < 1.29 is 5.11 Å². The van der Waals surface area contributed by atoms with Crippen molar-refractivity contribution in [2.75, 3.05) is 24.6 Å². The van der Waals surface area contributed by atoms with Crippen LogP contribution in [0, 0.1) is 0 Å². The van der Waals surface area contributed by atoms with E-state index in [-0.39, 0.29) is 0 Å². The number of guanidine groups is 1. The van der Waals surface area contributed by atoms with E-state index in [2.05, 4.69) is 32.5 Å². The molecule has 4 nitrogen and oxygen atoms in total. The van der Waals surface area contributed by atoms with E-state index in [0.29, 0.717) is 13.1 Å². The lowest BCUT2D eigenvalue weighted by Crippen LogP contribution is -2.47. The van der Waals surface area contributed by atoms with Crippen LogP contribution in [0.5, 0.6) is 0 Å². The van der Waals surface area contributed by atoms with E-state index in [0.717, 1.165) is 30.4 Å². The van der Waals surface area contributed by atoms with Crippen LogP contribution in [0.25, 0.3) is 0 Å². The van der Waals surface area contributed by atoms with Crippen molar-refractivity contribution >= 4 is 29.1 Å². The van der Waals surface area contributed by atoms with Gasteiger partial charge in [0.1, 0.15) is 0 Å². The van der Waals surface area contributed by atoms with Crippen LogP contribution in [-0.2, 0) is 6.54 Å². The van der Waals surface area contributed by atoms with Crippen molar-refractivity contribution in [2.45, 2.75) is 25.5 Å². The van der Waals surface area contributed by atoms with Crippen LogP contribution in [0.3, 0.4) is 0 Å².